The maximum absolute atomic E-state index is 5.79. The summed E-state index contributed by atoms with van der Waals surface area (Å²) in [4.78, 5) is 4.16. The smallest absolute Gasteiger partial charge is 0.0698 e. The maximum atomic E-state index is 5.79. The second-order valence-electron chi connectivity index (χ2n) is 2.70. The van der Waals surface area contributed by atoms with Crippen molar-refractivity contribution in [3.8, 4) is 0 Å². The van der Waals surface area contributed by atoms with Gasteiger partial charge in [0.05, 0.1) is 5.71 Å². The lowest BCUT2D eigenvalue weighted by atomic mass is 10.1. The highest BCUT2D eigenvalue weighted by molar-refractivity contribution is 6.30. The van der Waals surface area contributed by atoms with Crippen molar-refractivity contribution >= 4 is 17.3 Å². The third kappa shape index (κ3) is 2.86. The SMILES string of the molecule is C=C/N=C(\C=C/C)c1ccc(Cl)cc1. The highest BCUT2D eigenvalue weighted by Crippen LogP contribution is 2.11. The Morgan fingerprint density at radius 2 is 2.00 bits per heavy atom. The summed E-state index contributed by atoms with van der Waals surface area (Å²) in [5.41, 5.74) is 1.92. The lowest BCUT2D eigenvalue weighted by molar-refractivity contribution is 1.54. The number of nitrogens with zero attached hydrogens (tertiary/aromatic N) is 1. The Balaban J connectivity index is 3.05. The third-order valence-corrected chi connectivity index (χ3v) is 1.95. The molecule has 0 atom stereocenters. The van der Waals surface area contributed by atoms with Crippen LogP contribution < -0.4 is 0 Å². The summed E-state index contributed by atoms with van der Waals surface area (Å²) in [5.74, 6) is 0. The molecule has 1 aromatic carbocycles. The van der Waals surface area contributed by atoms with Crippen LogP contribution in [0.15, 0.2) is 54.2 Å². The minimum Gasteiger partial charge on any atom is -0.257 e. The summed E-state index contributed by atoms with van der Waals surface area (Å²) < 4.78 is 0. The van der Waals surface area contributed by atoms with Crippen LogP contribution in [0.2, 0.25) is 5.02 Å². The van der Waals surface area contributed by atoms with Gasteiger partial charge in [-0.05, 0) is 25.1 Å². The number of hydrogen-bond donors (Lipinski definition) is 0. The highest BCUT2D eigenvalue weighted by Gasteiger charge is 1.97. The summed E-state index contributed by atoms with van der Waals surface area (Å²) in [6.45, 7) is 5.53. The van der Waals surface area contributed by atoms with Gasteiger partial charge in [-0.3, -0.25) is 4.99 Å². The van der Waals surface area contributed by atoms with Gasteiger partial charge in [0.15, 0.2) is 0 Å². The first kappa shape index (κ1) is 10.7. The van der Waals surface area contributed by atoms with E-state index in [0.717, 1.165) is 16.3 Å². The molecule has 0 aliphatic carbocycles. The first-order valence-corrected chi connectivity index (χ1v) is 4.73. The topological polar surface area (TPSA) is 12.4 Å². The van der Waals surface area contributed by atoms with Crippen molar-refractivity contribution in [2.75, 3.05) is 0 Å². The third-order valence-electron chi connectivity index (χ3n) is 1.69. The van der Waals surface area contributed by atoms with Gasteiger partial charge in [0.1, 0.15) is 0 Å². The van der Waals surface area contributed by atoms with Gasteiger partial charge in [-0.25, -0.2) is 0 Å². The molecule has 0 heterocycles. The summed E-state index contributed by atoms with van der Waals surface area (Å²) in [7, 11) is 0. The van der Waals surface area contributed by atoms with Gasteiger partial charge >= 0.3 is 0 Å². The fourth-order valence-electron chi connectivity index (χ4n) is 1.09. The zero-order chi connectivity index (χ0) is 10.4. The average molecular weight is 206 g/mol. The molecule has 0 unspecified atom stereocenters. The summed E-state index contributed by atoms with van der Waals surface area (Å²) in [6.07, 6.45) is 5.41. The van der Waals surface area contributed by atoms with Crippen molar-refractivity contribution in [1.82, 2.24) is 0 Å². The predicted octanol–water partition coefficient (Wildman–Crippen LogP) is 3.85. The van der Waals surface area contributed by atoms with Gasteiger partial charge < -0.3 is 0 Å². The molecule has 0 spiro atoms. The van der Waals surface area contributed by atoms with Crippen LogP contribution in [0.5, 0.6) is 0 Å². The second-order valence-corrected chi connectivity index (χ2v) is 3.14. The molecular weight excluding hydrogens is 194 g/mol. The fourth-order valence-corrected chi connectivity index (χ4v) is 1.22. The van der Waals surface area contributed by atoms with Crippen LogP contribution >= 0.6 is 11.6 Å². The molecule has 1 nitrogen and oxygen atoms in total. The zero-order valence-electron chi connectivity index (χ0n) is 8.07. The van der Waals surface area contributed by atoms with Gasteiger partial charge in [-0.1, -0.05) is 36.4 Å². The van der Waals surface area contributed by atoms with E-state index in [2.05, 4.69) is 11.6 Å². The van der Waals surface area contributed by atoms with E-state index in [1.165, 1.54) is 6.20 Å². The van der Waals surface area contributed by atoms with E-state index >= 15 is 0 Å². The van der Waals surface area contributed by atoms with Gasteiger partial charge in [0, 0.05) is 16.8 Å². The maximum Gasteiger partial charge on any atom is 0.0698 e. The lowest BCUT2D eigenvalue weighted by Gasteiger charge is -1.99. The first-order valence-electron chi connectivity index (χ1n) is 4.35. The number of rotatable bonds is 3. The molecule has 0 amide bonds. The summed E-state index contributed by atoms with van der Waals surface area (Å²) in [6, 6.07) is 7.56. The highest BCUT2D eigenvalue weighted by atomic mass is 35.5. The largest absolute Gasteiger partial charge is 0.257 e. The van der Waals surface area contributed by atoms with E-state index in [0.29, 0.717) is 0 Å². The van der Waals surface area contributed by atoms with Crippen molar-refractivity contribution < 1.29 is 0 Å². The van der Waals surface area contributed by atoms with Crippen LogP contribution in [-0.2, 0) is 0 Å². The fraction of sp³-hybridized carbons (Fsp3) is 0.0833. The molecule has 1 aromatic rings. The zero-order valence-corrected chi connectivity index (χ0v) is 8.83. The first-order chi connectivity index (χ1) is 6.77. The van der Waals surface area contributed by atoms with E-state index in [9.17, 15) is 0 Å². The van der Waals surface area contributed by atoms with Crippen LogP contribution in [0.4, 0.5) is 0 Å². The van der Waals surface area contributed by atoms with Crippen molar-refractivity contribution in [2.24, 2.45) is 4.99 Å². The standard InChI is InChI=1S/C12H12ClN/c1-3-5-12(14-4-2)10-6-8-11(13)9-7-10/h3-9H,2H2,1H3/b5-3-,14-12+. The van der Waals surface area contributed by atoms with E-state index in [4.69, 9.17) is 11.6 Å². The number of benzene rings is 1. The number of aliphatic imine (C=N–C) groups is 1. The monoisotopic (exact) mass is 205 g/mol. The summed E-state index contributed by atoms with van der Waals surface area (Å²) in [5, 5.41) is 0.729. The molecule has 0 fully saturated rings. The lowest BCUT2D eigenvalue weighted by Crippen LogP contribution is -1.94. The molecule has 0 saturated heterocycles. The van der Waals surface area contributed by atoms with Crippen molar-refractivity contribution in [3.63, 3.8) is 0 Å². The number of hydrogen-bond acceptors (Lipinski definition) is 1. The molecule has 0 aliphatic rings. The Morgan fingerprint density at radius 3 is 2.50 bits per heavy atom. The normalized spacial score (nSPS) is 12.0. The van der Waals surface area contributed by atoms with E-state index in [1.54, 1.807) is 0 Å². The Labute approximate surface area is 89.4 Å². The summed E-state index contributed by atoms with van der Waals surface area (Å²) >= 11 is 5.79. The molecule has 0 aliphatic heterocycles. The number of halogens is 1. The van der Waals surface area contributed by atoms with Gasteiger partial charge in [-0.15, -0.1) is 0 Å². The van der Waals surface area contributed by atoms with Crippen LogP contribution in [0.3, 0.4) is 0 Å². The van der Waals surface area contributed by atoms with Crippen molar-refractivity contribution in [3.05, 3.63) is 59.8 Å². The van der Waals surface area contributed by atoms with E-state index in [1.807, 2.05) is 43.3 Å². The average Bonchev–Trinajstić information content (AvgIpc) is 2.19. The molecular formula is C12H12ClN. The van der Waals surface area contributed by atoms with Crippen molar-refractivity contribution in [1.29, 1.82) is 0 Å². The van der Waals surface area contributed by atoms with E-state index in [-0.39, 0.29) is 0 Å². The Bertz CT molecular complexity index is 360. The Morgan fingerprint density at radius 1 is 1.36 bits per heavy atom. The Hall–Kier alpha value is -1.34. The van der Waals surface area contributed by atoms with Crippen LogP contribution in [0, 0.1) is 0 Å². The van der Waals surface area contributed by atoms with Gasteiger partial charge in [0.25, 0.3) is 0 Å². The van der Waals surface area contributed by atoms with Crippen LogP contribution in [0.25, 0.3) is 0 Å². The molecule has 0 radical (unpaired) electrons. The molecule has 2 heteroatoms. The van der Waals surface area contributed by atoms with Gasteiger partial charge in [0.2, 0.25) is 0 Å². The van der Waals surface area contributed by atoms with E-state index < -0.39 is 0 Å². The predicted molar refractivity (Wildman–Crippen MR) is 63.0 cm³/mol. The van der Waals surface area contributed by atoms with Gasteiger partial charge in [-0.2, -0.15) is 0 Å². The molecule has 14 heavy (non-hydrogen) atoms. The van der Waals surface area contributed by atoms with Crippen LogP contribution in [-0.4, -0.2) is 5.71 Å². The molecule has 0 saturated carbocycles. The molecule has 1 rings (SSSR count). The molecule has 0 aromatic heterocycles. The minimum absolute atomic E-state index is 0.729. The minimum atomic E-state index is 0.729. The Kier molecular flexibility index (Phi) is 4.14. The molecule has 0 bridgehead atoms. The quantitative estimate of drug-likeness (QED) is 0.665. The second kappa shape index (κ2) is 5.40. The molecule has 0 N–H and O–H groups in total. The molecule has 72 valence electrons. The number of allylic oxidation sites excluding steroid dienone is 2. The van der Waals surface area contributed by atoms with Crippen LogP contribution in [0.1, 0.15) is 12.5 Å². The van der Waals surface area contributed by atoms with Crippen molar-refractivity contribution in [2.45, 2.75) is 6.92 Å².